The molecule has 0 saturated carbocycles. The standard InChI is InChI=1S/C25H24N4O5/c1-29-13-26-12-17(29)10-19(15-6-7-22-23(9-15)34-14-33-22)24(30)28-21(25(31)32)8-16-11-27-20-5-3-2-4-18(16)20/h2-7,9,11-13,19,21,27H,8,10,14H2,1H3,(H,28,30)(H,31,32)/t19?,21-/m0/s1. The number of aromatic amines is 1. The van der Waals surface area contributed by atoms with Crippen LogP contribution in [0.25, 0.3) is 10.9 Å². The minimum Gasteiger partial charge on any atom is -0.480 e. The highest BCUT2D eigenvalue weighted by Gasteiger charge is 2.29. The fraction of sp³-hybridized carbons (Fsp3) is 0.240. The van der Waals surface area contributed by atoms with E-state index >= 15 is 0 Å². The Labute approximate surface area is 195 Å². The molecule has 34 heavy (non-hydrogen) atoms. The van der Waals surface area contributed by atoms with Crippen LogP contribution in [-0.4, -0.2) is 44.4 Å². The van der Waals surface area contributed by atoms with Crippen LogP contribution in [0.2, 0.25) is 0 Å². The Balaban J connectivity index is 1.42. The Morgan fingerprint density at radius 1 is 1.18 bits per heavy atom. The maximum Gasteiger partial charge on any atom is 0.326 e. The molecule has 2 aromatic heterocycles. The second-order valence-electron chi connectivity index (χ2n) is 8.33. The van der Waals surface area contributed by atoms with Gasteiger partial charge < -0.3 is 29.4 Å². The number of fused-ring (bicyclic) bond motifs is 2. The zero-order valence-electron chi connectivity index (χ0n) is 18.5. The highest BCUT2D eigenvalue weighted by Crippen LogP contribution is 2.35. The summed E-state index contributed by atoms with van der Waals surface area (Å²) >= 11 is 0. The van der Waals surface area contributed by atoms with E-state index in [4.69, 9.17) is 9.47 Å². The number of hydrogen-bond donors (Lipinski definition) is 3. The molecule has 9 heteroatoms. The van der Waals surface area contributed by atoms with Gasteiger partial charge in [0, 0.05) is 48.9 Å². The molecule has 0 radical (unpaired) electrons. The minimum absolute atomic E-state index is 0.128. The van der Waals surface area contributed by atoms with Gasteiger partial charge in [0.25, 0.3) is 0 Å². The number of nitrogens with one attached hydrogen (secondary N) is 2. The number of aliphatic carboxylic acids is 1. The Hall–Kier alpha value is -4.27. The topological polar surface area (TPSA) is 118 Å². The number of H-pyrrole nitrogens is 1. The van der Waals surface area contributed by atoms with Crippen molar-refractivity contribution < 1.29 is 24.2 Å². The van der Waals surface area contributed by atoms with Crippen LogP contribution in [0, 0.1) is 0 Å². The second kappa shape index (κ2) is 8.93. The van der Waals surface area contributed by atoms with Crippen LogP contribution in [-0.2, 0) is 29.5 Å². The number of imidazole rings is 1. The zero-order chi connectivity index (χ0) is 23.7. The first-order valence-corrected chi connectivity index (χ1v) is 10.9. The van der Waals surface area contributed by atoms with E-state index < -0.39 is 17.9 Å². The summed E-state index contributed by atoms with van der Waals surface area (Å²) in [7, 11) is 1.86. The van der Waals surface area contributed by atoms with Crippen molar-refractivity contribution in [2.24, 2.45) is 7.05 Å². The van der Waals surface area contributed by atoms with Crippen LogP contribution in [0.5, 0.6) is 11.5 Å². The molecular weight excluding hydrogens is 436 g/mol. The molecule has 1 unspecified atom stereocenters. The number of para-hydroxylation sites is 1. The third-order valence-corrected chi connectivity index (χ3v) is 6.16. The quantitative estimate of drug-likeness (QED) is 0.372. The Morgan fingerprint density at radius 3 is 2.79 bits per heavy atom. The maximum absolute atomic E-state index is 13.5. The molecule has 0 saturated heterocycles. The number of aryl methyl sites for hydroxylation is 1. The normalized spacial score (nSPS) is 14.1. The van der Waals surface area contributed by atoms with Crippen molar-refractivity contribution in [1.82, 2.24) is 19.9 Å². The van der Waals surface area contributed by atoms with E-state index in [2.05, 4.69) is 15.3 Å². The maximum atomic E-state index is 13.5. The lowest BCUT2D eigenvalue weighted by Crippen LogP contribution is -2.44. The van der Waals surface area contributed by atoms with Crippen molar-refractivity contribution in [2.45, 2.75) is 24.8 Å². The molecule has 2 aromatic carbocycles. The van der Waals surface area contributed by atoms with E-state index in [0.717, 1.165) is 22.2 Å². The fourth-order valence-electron chi connectivity index (χ4n) is 4.28. The van der Waals surface area contributed by atoms with Crippen molar-refractivity contribution in [3.05, 3.63) is 78.0 Å². The Bertz CT molecular complexity index is 1360. The number of ether oxygens (including phenoxy) is 2. The predicted octanol–water partition coefficient (Wildman–Crippen LogP) is 2.77. The van der Waals surface area contributed by atoms with Crippen LogP contribution >= 0.6 is 0 Å². The number of rotatable bonds is 8. The van der Waals surface area contributed by atoms with E-state index in [1.165, 1.54) is 0 Å². The minimum atomic E-state index is -1.09. The number of carbonyl (C=O) groups is 2. The van der Waals surface area contributed by atoms with Gasteiger partial charge >= 0.3 is 5.97 Å². The van der Waals surface area contributed by atoms with Gasteiger partial charge in [0.1, 0.15) is 6.04 Å². The second-order valence-corrected chi connectivity index (χ2v) is 8.33. The number of hydrogen-bond acceptors (Lipinski definition) is 5. The summed E-state index contributed by atoms with van der Waals surface area (Å²) in [6, 6.07) is 11.9. The molecule has 0 spiro atoms. The molecule has 3 N–H and O–H groups in total. The van der Waals surface area contributed by atoms with Crippen LogP contribution in [0.15, 0.2) is 61.2 Å². The number of carboxylic acids is 1. The van der Waals surface area contributed by atoms with Gasteiger partial charge in [-0.15, -0.1) is 0 Å². The summed E-state index contributed by atoms with van der Waals surface area (Å²) in [5.41, 5.74) is 3.30. The van der Waals surface area contributed by atoms with Crippen LogP contribution in [0.4, 0.5) is 0 Å². The number of benzene rings is 2. The van der Waals surface area contributed by atoms with Gasteiger partial charge in [0.05, 0.1) is 12.2 Å². The third kappa shape index (κ3) is 4.19. The van der Waals surface area contributed by atoms with E-state index in [1.54, 1.807) is 30.9 Å². The average Bonchev–Trinajstić information content (AvgIpc) is 3.56. The van der Waals surface area contributed by atoms with Gasteiger partial charge in [0.15, 0.2) is 11.5 Å². The number of amides is 1. The smallest absolute Gasteiger partial charge is 0.326 e. The lowest BCUT2D eigenvalue weighted by molar-refractivity contribution is -0.142. The molecule has 1 amide bonds. The number of nitrogens with zero attached hydrogens (tertiary/aromatic N) is 2. The predicted molar refractivity (Wildman–Crippen MR) is 124 cm³/mol. The molecule has 1 aliphatic heterocycles. The number of aromatic nitrogens is 3. The molecule has 5 rings (SSSR count). The Morgan fingerprint density at radius 2 is 2.00 bits per heavy atom. The van der Waals surface area contributed by atoms with E-state index in [9.17, 15) is 14.7 Å². The molecule has 9 nitrogen and oxygen atoms in total. The van der Waals surface area contributed by atoms with Crippen LogP contribution in [0.3, 0.4) is 0 Å². The molecule has 3 heterocycles. The lowest BCUT2D eigenvalue weighted by atomic mass is 9.92. The van der Waals surface area contributed by atoms with Crippen LogP contribution in [0.1, 0.15) is 22.7 Å². The van der Waals surface area contributed by atoms with Gasteiger partial charge in [-0.1, -0.05) is 24.3 Å². The molecular formula is C25H24N4O5. The van der Waals surface area contributed by atoms with Crippen molar-refractivity contribution in [1.29, 1.82) is 0 Å². The molecule has 1 aliphatic rings. The molecule has 2 atom stereocenters. The average molecular weight is 460 g/mol. The molecule has 174 valence electrons. The van der Waals surface area contributed by atoms with Gasteiger partial charge in [-0.3, -0.25) is 4.79 Å². The van der Waals surface area contributed by atoms with E-state index in [0.29, 0.717) is 23.5 Å². The monoisotopic (exact) mass is 460 g/mol. The highest BCUT2D eigenvalue weighted by atomic mass is 16.7. The SMILES string of the molecule is Cn1cncc1CC(C(=O)N[C@@H](Cc1c[nH]c2ccccc12)C(=O)O)c1ccc2c(c1)OCO2. The molecule has 4 aromatic rings. The van der Waals surface area contributed by atoms with Gasteiger partial charge in [-0.25, -0.2) is 9.78 Å². The van der Waals surface area contributed by atoms with Crippen molar-refractivity contribution >= 4 is 22.8 Å². The van der Waals surface area contributed by atoms with Gasteiger partial charge in [-0.05, 0) is 29.3 Å². The summed E-state index contributed by atoms with van der Waals surface area (Å²) in [4.78, 5) is 32.9. The van der Waals surface area contributed by atoms with E-state index in [1.807, 2.05) is 41.9 Å². The van der Waals surface area contributed by atoms with E-state index in [-0.39, 0.29) is 19.1 Å². The summed E-state index contributed by atoms with van der Waals surface area (Å²) in [6.07, 6.45) is 5.67. The number of carboxylic acid groups (broad SMARTS) is 1. The highest BCUT2D eigenvalue weighted by molar-refractivity contribution is 5.89. The lowest BCUT2D eigenvalue weighted by Gasteiger charge is -2.21. The van der Waals surface area contributed by atoms with Gasteiger partial charge in [-0.2, -0.15) is 0 Å². The first-order valence-electron chi connectivity index (χ1n) is 10.9. The van der Waals surface area contributed by atoms with Crippen LogP contribution < -0.4 is 14.8 Å². The first kappa shape index (κ1) is 21.6. The molecule has 0 fully saturated rings. The van der Waals surface area contributed by atoms with Crippen molar-refractivity contribution in [3.63, 3.8) is 0 Å². The molecule has 0 bridgehead atoms. The third-order valence-electron chi connectivity index (χ3n) is 6.16. The largest absolute Gasteiger partial charge is 0.480 e. The summed E-state index contributed by atoms with van der Waals surface area (Å²) in [6.45, 7) is 0.128. The molecule has 0 aliphatic carbocycles. The van der Waals surface area contributed by atoms with Gasteiger partial charge in [0.2, 0.25) is 12.7 Å². The summed E-state index contributed by atoms with van der Waals surface area (Å²) in [5, 5.41) is 13.6. The first-order chi connectivity index (χ1) is 16.5. The fourth-order valence-corrected chi connectivity index (χ4v) is 4.28. The summed E-state index contributed by atoms with van der Waals surface area (Å²) < 4.78 is 12.7. The van der Waals surface area contributed by atoms with Crippen molar-refractivity contribution in [2.75, 3.05) is 6.79 Å². The van der Waals surface area contributed by atoms with Crippen molar-refractivity contribution in [3.8, 4) is 11.5 Å². The summed E-state index contributed by atoms with van der Waals surface area (Å²) in [5.74, 6) is -0.939. The Kier molecular flexibility index (Phi) is 5.67. The zero-order valence-corrected chi connectivity index (χ0v) is 18.5. The number of carbonyl (C=O) groups excluding carboxylic acids is 1.